The Morgan fingerprint density at radius 2 is 1.82 bits per heavy atom. The molecule has 0 aromatic rings. The van der Waals surface area contributed by atoms with Crippen molar-refractivity contribution >= 4 is 13.3 Å². The Balaban J connectivity index is 3.94. The van der Waals surface area contributed by atoms with Gasteiger partial charge in [0, 0.05) is 18.9 Å². The zero-order chi connectivity index (χ0) is 13.1. The second kappa shape index (κ2) is 9.63. The Bertz CT molecular complexity index is 254. The van der Waals surface area contributed by atoms with E-state index in [-0.39, 0.29) is 19.2 Å². The summed E-state index contributed by atoms with van der Waals surface area (Å²) in [6.07, 6.45) is 3.78. The van der Waals surface area contributed by atoms with Gasteiger partial charge in [0.05, 0.1) is 13.0 Å². The summed E-state index contributed by atoms with van der Waals surface area (Å²) in [5.74, 6) is -0.940. The maximum absolute atomic E-state index is 12.2. The van der Waals surface area contributed by atoms with Gasteiger partial charge in [0.1, 0.15) is 0 Å². The summed E-state index contributed by atoms with van der Waals surface area (Å²) in [5, 5.41) is 17.2. The van der Waals surface area contributed by atoms with Crippen LogP contribution in [-0.4, -0.2) is 41.7 Å². The van der Waals surface area contributed by atoms with Crippen LogP contribution < -0.4 is 0 Å². The van der Waals surface area contributed by atoms with E-state index in [9.17, 15) is 9.36 Å². The van der Waals surface area contributed by atoms with Crippen molar-refractivity contribution in [2.45, 2.75) is 39.0 Å². The van der Waals surface area contributed by atoms with E-state index in [1.807, 2.05) is 0 Å². The standard InChI is InChI=1S/C11H23O5P/c1-2-16-17(15,10-7-11(13)14)9-6-4-3-5-8-12/h12H,2-10H2,1H3,(H,13,14). The molecular weight excluding hydrogens is 243 g/mol. The predicted molar refractivity (Wildman–Crippen MR) is 66.8 cm³/mol. The molecule has 0 amide bonds. The molecule has 1 unspecified atom stereocenters. The highest BCUT2D eigenvalue weighted by molar-refractivity contribution is 7.59. The minimum Gasteiger partial charge on any atom is -0.481 e. The summed E-state index contributed by atoms with van der Waals surface area (Å²) < 4.78 is 17.4. The lowest BCUT2D eigenvalue weighted by Gasteiger charge is -2.16. The molecule has 0 aliphatic rings. The molecule has 0 radical (unpaired) electrons. The monoisotopic (exact) mass is 266 g/mol. The fraction of sp³-hybridized carbons (Fsp3) is 0.909. The molecule has 0 rings (SSSR count). The third kappa shape index (κ3) is 9.33. The highest BCUT2D eigenvalue weighted by Gasteiger charge is 2.22. The number of aliphatic hydroxyl groups is 1. The molecular formula is C11H23O5P. The lowest BCUT2D eigenvalue weighted by atomic mass is 10.2. The third-order valence-electron chi connectivity index (χ3n) is 2.44. The predicted octanol–water partition coefficient (Wildman–Crippen LogP) is 2.33. The van der Waals surface area contributed by atoms with E-state index < -0.39 is 13.3 Å². The molecule has 1 atom stereocenters. The maximum atomic E-state index is 12.2. The van der Waals surface area contributed by atoms with Crippen molar-refractivity contribution < 1.29 is 24.1 Å². The van der Waals surface area contributed by atoms with E-state index in [2.05, 4.69) is 0 Å². The molecule has 0 aromatic carbocycles. The molecule has 17 heavy (non-hydrogen) atoms. The van der Waals surface area contributed by atoms with E-state index in [4.69, 9.17) is 14.7 Å². The summed E-state index contributed by atoms with van der Waals surface area (Å²) in [7, 11) is -2.77. The summed E-state index contributed by atoms with van der Waals surface area (Å²) in [5.41, 5.74) is 0. The number of rotatable bonds is 11. The van der Waals surface area contributed by atoms with Gasteiger partial charge in [0.2, 0.25) is 7.37 Å². The lowest BCUT2D eigenvalue weighted by Crippen LogP contribution is -2.05. The van der Waals surface area contributed by atoms with E-state index in [0.29, 0.717) is 12.8 Å². The Kier molecular flexibility index (Phi) is 9.41. The van der Waals surface area contributed by atoms with Crippen LogP contribution in [-0.2, 0) is 13.9 Å². The smallest absolute Gasteiger partial charge is 0.303 e. The van der Waals surface area contributed by atoms with E-state index in [1.54, 1.807) is 6.92 Å². The third-order valence-corrected chi connectivity index (χ3v) is 5.07. The number of aliphatic carboxylic acids is 1. The molecule has 102 valence electrons. The Labute approximate surface area is 103 Å². The van der Waals surface area contributed by atoms with Gasteiger partial charge in [-0.05, 0) is 19.8 Å². The van der Waals surface area contributed by atoms with Crippen molar-refractivity contribution in [1.29, 1.82) is 0 Å². The lowest BCUT2D eigenvalue weighted by molar-refractivity contribution is -0.136. The van der Waals surface area contributed by atoms with Crippen LogP contribution >= 0.6 is 7.37 Å². The first-order chi connectivity index (χ1) is 8.04. The van der Waals surface area contributed by atoms with Gasteiger partial charge < -0.3 is 14.7 Å². The van der Waals surface area contributed by atoms with Crippen molar-refractivity contribution in [3.63, 3.8) is 0 Å². The van der Waals surface area contributed by atoms with Gasteiger partial charge in [-0.3, -0.25) is 9.36 Å². The van der Waals surface area contributed by atoms with Gasteiger partial charge in [-0.2, -0.15) is 0 Å². The Morgan fingerprint density at radius 1 is 1.18 bits per heavy atom. The molecule has 6 heteroatoms. The molecule has 5 nitrogen and oxygen atoms in total. The summed E-state index contributed by atoms with van der Waals surface area (Å²) in [4.78, 5) is 10.5. The fourth-order valence-corrected chi connectivity index (χ4v) is 3.75. The molecule has 0 bridgehead atoms. The van der Waals surface area contributed by atoms with Crippen LogP contribution in [0, 0.1) is 0 Å². The first-order valence-corrected chi connectivity index (χ1v) is 8.09. The molecule has 0 aliphatic carbocycles. The van der Waals surface area contributed by atoms with Gasteiger partial charge in [-0.15, -0.1) is 0 Å². The van der Waals surface area contributed by atoms with Crippen molar-refractivity contribution in [2.75, 3.05) is 25.5 Å². The number of unbranched alkanes of at least 4 members (excludes halogenated alkanes) is 3. The van der Waals surface area contributed by atoms with Gasteiger partial charge in [-0.25, -0.2) is 0 Å². The number of aliphatic hydroxyl groups excluding tert-OH is 1. The Morgan fingerprint density at radius 3 is 2.35 bits per heavy atom. The summed E-state index contributed by atoms with van der Waals surface area (Å²) in [6.45, 7) is 2.30. The van der Waals surface area contributed by atoms with Gasteiger partial charge >= 0.3 is 5.97 Å². The van der Waals surface area contributed by atoms with Crippen LogP contribution in [0.15, 0.2) is 0 Å². The number of hydrogen-bond donors (Lipinski definition) is 2. The molecule has 0 spiro atoms. The van der Waals surface area contributed by atoms with Crippen LogP contribution in [0.5, 0.6) is 0 Å². The van der Waals surface area contributed by atoms with Crippen molar-refractivity contribution in [3.05, 3.63) is 0 Å². The quantitative estimate of drug-likeness (QED) is 0.443. The van der Waals surface area contributed by atoms with E-state index in [0.717, 1.165) is 25.7 Å². The summed E-state index contributed by atoms with van der Waals surface area (Å²) in [6, 6.07) is 0. The minimum atomic E-state index is -2.77. The fourth-order valence-electron chi connectivity index (χ4n) is 1.56. The van der Waals surface area contributed by atoms with Gasteiger partial charge in [0.25, 0.3) is 0 Å². The molecule has 0 aromatic heterocycles. The van der Waals surface area contributed by atoms with Gasteiger partial charge in [-0.1, -0.05) is 12.8 Å². The Hall–Kier alpha value is -0.380. The molecule has 0 saturated heterocycles. The zero-order valence-corrected chi connectivity index (χ0v) is 11.3. The maximum Gasteiger partial charge on any atom is 0.303 e. The van der Waals surface area contributed by atoms with Crippen LogP contribution in [0.3, 0.4) is 0 Å². The highest BCUT2D eigenvalue weighted by atomic mass is 31.2. The minimum absolute atomic E-state index is 0.103. The topological polar surface area (TPSA) is 83.8 Å². The first kappa shape index (κ1) is 16.6. The van der Waals surface area contributed by atoms with Crippen molar-refractivity contribution in [3.8, 4) is 0 Å². The SMILES string of the molecule is CCOP(=O)(CCCCCCO)CCC(=O)O. The zero-order valence-electron chi connectivity index (χ0n) is 10.4. The number of carboxylic acids is 1. The molecule has 0 saturated carbocycles. The summed E-state index contributed by atoms with van der Waals surface area (Å²) >= 11 is 0. The average Bonchev–Trinajstić information content (AvgIpc) is 2.27. The molecule has 0 heterocycles. The van der Waals surface area contributed by atoms with Crippen LogP contribution in [0.2, 0.25) is 0 Å². The number of carbonyl (C=O) groups is 1. The second-order valence-electron chi connectivity index (χ2n) is 3.96. The van der Waals surface area contributed by atoms with E-state index in [1.165, 1.54) is 0 Å². The largest absolute Gasteiger partial charge is 0.481 e. The highest BCUT2D eigenvalue weighted by Crippen LogP contribution is 2.48. The second-order valence-corrected chi connectivity index (χ2v) is 6.74. The van der Waals surface area contributed by atoms with Gasteiger partial charge in [0.15, 0.2) is 0 Å². The van der Waals surface area contributed by atoms with E-state index >= 15 is 0 Å². The van der Waals surface area contributed by atoms with Crippen LogP contribution in [0.1, 0.15) is 39.0 Å². The normalized spacial score (nSPS) is 14.5. The first-order valence-electron chi connectivity index (χ1n) is 6.09. The van der Waals surface area contributed by atoms with Crippen LogP contribution in [0.4, 0.5) is 0 Å². The molecule has 0 fully saturated rings. The number of carboxylic acid groups (broad SMARTS) is 1. The molecule has 2 N–H and O–H groups in total. The van der Waals surface area contributed by atoms with Crippen LogP contribution in [0.25, 0.3) is 0 Å². The number of hydrogen-bond acceptors (Lipinski definition) is 4. The molecule has 0 aliphatic heterocycles. The van der Waals surface area contributed by atoms with Crippen molar-refractivity contribution in [2.24, 2.45) is 0 Å². The average molecular weight is 266 g/mol. The van der Waals surface area contributed by atoms with Crippen molar-refractivity contribution in [1.82, 2.24) is 0 Å².